The fourth-order valence-corrected chi connectivity index (χ4v) is 6.00. The monoisotopic (exact) mass is 592 g/mol. The molecule has 4 aromatic rings. The Morgan fingerprint density at radius 1 is 1.10 bits per heavy atom. The number of carbonyl (C=O) groups excluding carboxylic acids is 1. The standard InChI is InChI=1S/C31H29ClN2O6S/c1-6-38-25-14-19(9-12-24(25)37-5)28-27(30(36)39-7-2)18(4)33-31-34(28)29(35)26(41-31)16-21-11-13-23(40-21)22-15-20(32)10-8-17(22)3/h8-16,28H,6-7H2,1-5H3/b26-16-/t28-/m1/s1. The second-order valence-corrected chi connectivity index (χ2v) is 10.8. The van der Waals surface area contributed by atoms with Gasteiger partial charge in [-0.05, 0) is 75.2 Å². The Kier molecular flexibility index (Phi) is 8.19. The fraction of sp³-hybridized carbons (Fsp3) is 0.258. The zero-order chi connectivity index (χ0) is 29.3. The highest BCUT2D eigenvalue weighted by atomic mass is 35.5. The fourth-order valence-electron chi connectivity index (χ4n) is 4.80. The molecule has 10 heteroatoms. The first-order valence-corrected chi connectivity index (χ1v) is 14.3. The van der Waals surface area contributed by atoms with Gasteiger partial charge in [0.25, 0.3) is 5.56 Å². The van der Waals surface area contributed by atoms with Crippen molar-refractivity contribution in [2.45, 2.75) is 33.7 Å². The van der Waals surface area contributed by atoms with E-state index in [4.69, 9.17) is 30.2 Å². The van der Waals surface area contributed by atoms with Gasteiger partial charge in [0, 0.05) is 16.7 Å². The van der Waals surface area contributed by atoms with Crippen molar-refractivity contribution < 1.29 is 23.4 Å². The van der Waals surface area contributed by atoms with Gasteiger partial charge in [-0.15, -0.1) is 0 Å². The molecule has 212 valence electrons. The number of ether oxygens (including phenoxy) is 3. The summed E-state index contributed by atoms with van der Waals surface area (Å²) in [4.78, 5) is 32.2. The molecule has 0 unspecified atom stereocenters. The molecular weight excluding hydrogens is 564 g/mol. The molecule has 3 heterocycles. The van der Waals surface area contributed by atoms with E-state index in [1.165, 1.54) is 15.9 Å². The molecule has 0 amide bonds. The van der Waals surface area contributed by atoms with Crippen LogP contribution < -0.4 is 24.4 Å². The van der Waals surface area contributed by atoms with E-state index >= 15 is 0 Å². The average molecular weight is 593 g/mol. The molecule has 0 saturated carbocycles. The Balaban J connectivity index is 1.66. The van der Waals surface area contributed by atoms with Gasteiger partial charge in [0.2, 0.25) is 0 Å². The maximum atomic E-state index is 13.9. The number of esters is 1. The minimum absolute atomic E-state index is 0.187. The van der Waals surface area contributed by atoms with Crippen LogP contribution in [0.2, 0.25) is 5.02 Å². The van der Waals surface area contributed by atoms with Crippen LogP contribution in [-0.4, -0.2) is 30.9 Å². The lowest BCUT2D eigenvalue weighted by Crippen LogP contribution is -2.39. The largest absolute Gasteiger partial charge is 0.493 e. The Morgan fingerprint density at radius 3 is 2.63 bits per heavy atom. The molecule has 0 aliphatic carbocycles. The number of furan rings is 1. The normalized spacial score (nSPS) is 15.0. The number of thiazole rings is 1. The van der Waals surface area contributed by atoms with Crippen molar-refractivity contribution in [3.63, 3.8) is 0 Å². The summed E-state index contributed by atoms with van der Waals surface area (Å²) in [7, 11) is 1.56. The average Bonchev–Trinajstić information content (AvgIpc) is 3.53. The van der Waals surface area contributed by atoms with Crippen LogP contribution in [-0.2, 0) is 9.53 Å². The number of nitrogens with zero attached hydrogens (tertiary/aromatic N) is 2. The van der Waals surface area contributed by atoms with Crippen molar-refractivity contribution in [2.75, 3.05) is 20.3 Å². The number of aromatic nitrogens is 1. The molecule has 2 aromatic heterocycles. The predicted molar refractivity (Wildman–Crippen MR) is 158 cm³/mol. The first-order valence-electron chi connectivity index (χ1n) is 13.1. The second kappa shape index (κ2) is 11.8. The van der Waals surface area contributed by atoms with E-state index in [1.807, 2.05) is 44.2 Å². The number of benzene rings is 2. The van der Waals surface area contributed by atoms with Gasteiger partial charge in [-0.25, -0.2) is 9.79 Å². The van der Waals surface area contributed by atoms with Crippen LogP contribution in [0.25, 0.3) is 17.4 Å². The molecule has 8 nitrogen and oxygen atoms in total. The van der Waals surface area contributed by atoms with E-state index < -0.39 is 12.0 Å². The molecule has 2 aromatic carbocycles. The van der Waals surface area contributed by atoms with Crippen LogP contribution in [0.4, 0.5) is 0 Å². The van der Waals surface area contributed by atoms with Crippen molar-refractivity contribution in [3.8, 4) is 22.8 Å². The highest BCUT2D eigenvalue weighted by molar-refractivity contribution is 7.07. The minimum Gasteiger partial charge on any atom is -0.493 e. The molecule has 0 bridgehead atoms. The number of allylic oxidation sites excluding steroid dienone is 1. The van der Waals surface area contributed by atoms with Crippen LogP contribution in [0.5, 0.6) is 11.5 Å². The highest BCUT2D eigenvalue weighted by Gasteiger charge is 2.34. The summed E-state index contributed by atoms with van der Waals surface area (Å²) in [5.41, 5.74) is 3.01. The van der Waals surface area contributed by atoms with Crippen LogP contribution in [0.3, 0.4) is 0 Å². The summed E-state index contributed by atoms with van der Waals surface area (Å²) in [6, 6.07) is 13.8. The molecule has 0 saturated heterocycles. The summed E-state index contributed by atoms with van der Waals surface area (Å²) in [6.07, 6.45) is 1.69. The maximum absolute atomic E-state index is 13.9. The summed E-state index contributed by atoms with van der Waals surface area (Å²) < 4.78 is 24.7. The van der Waals surface area contributed by atoms with E-state index in [9.17, 15) is 9.59 Å². The Bertz CT molecular complexity index is 1850. The van der Waals surface area contributed by atoms with Gasteiger partial charge in [0.1, 0.15) is 11.5 Å². The van der Waals surface area contributed by atoms with Gasteiger partial charge in [0.05, 0.1) is 42.2 Å². The number of carbonyl (C=O) groups is 1. The highest BCUT2D eigenvalue weighted by Crippen LogP contribution is 2.36. The van der Waals surface area contributed by atoms with Crippen molar-refractivity contribution in [3.05, 3.63) is 101 Å². The van der Waals surface area contributed by atoms with E-state index in [0.717, 1.165) is 11.1 Å². The molecule has 0 spiro atoms. The smallest absolute Gasteiger partial charge is 0.338 e. The maximum Gasteiger partial charge on any atom is 0.338 e. The first kappa shape index (κ1) is 28.4. The number of fused-ring (bicyclic) bond motifs is 1. The molecule has 0 fully saturated rings. The van der Waals surface area contributed by atoms with E-state index in [2.05, 4.69) is 4.99 Å². The number of hydrogen-bond acceptors (Lipinski definition) is 8. The first-order chi connectivity index (χ1) is 19.7. The summed E-state index contributed by atoms with van der Waals surface area (Å²) >= 11 is 7.43. The second-order valence-electron chi connectivity index (χ2n) is 9.31. The number of aryl methyl sites for hydroxylation is 1. The third-order valence-corrected chi connectivity index (χ3v) is 7.90. The number of halogens is 1. The van der Waals surface area contributed by atoms with Gasteiger partial charge in [0.15, 0.2) is 16.3 Å². The van der Waals surface area contributed by atoms with Gasteiger partial charge < -0.3 is 18.6 Å². The lowest BCUT2D eigenvalue weighted by Gasteiger charge is -2.25. The molecule has 1 aliphatic rings. The van der Waals surface area contributed by atoms with Crippen molar-refractivity contribution in [1.82, 2.24) is 4.57 Å². The third kappa shape index (κ3) is 5.47. The number of hydrogen-bond donors (Lipinski definition) is 0. The molecule has 5 rings (SSSR count). The molecule has 0 N–H and O–H groups in total. The van der Waals surface area contributed by atoms with E-state index in [0.29, 0.717) is 55.2 Å². The molecule has 1 aliphatic heterocycles. The van der Waals surface area contributed by atoms with Gasteiger partial charge >= 0.3 is 5.97 Å². The lowest BCUT2D eigenvalue weighted by atomic mass is 9.95. The summed E-state index contributed by atoms with van der Waals surface area (Å²) in [5, 5.41) is 0.607. The van der Waals surface area contributed by atoms with Crippen LogP contribution in [0, 0.1) is 6.92 Å². The molecule has 0 radical (unpaired) electrons. The zero-order valence-corrected chi connectivity index (χ0v) is 24.9. The quantitative estimate of drug-likeness (QED) is 0.253. The number of methoxy groups -OCH3 is 1. The Hall–Kier alpha value is -4.08. The van der Waals surface area contributed by atoms with Crippen molar-refractivity contribution in [2.24, 2.45) is 4.99 Å². The summed E-state index contributed by atoms with van der Waals surface area (Å²) in [6.45, 7) is 7.94. The molecular formula is C31H29ClN2O6S. The topological polar surface area (TPSA) is 92.3 Å². The van der Waals surface area contributed by atoms with Gasteiger partial charge in [-0.2, -0.15) is 0 Å². The molecule has 1 atom stereocenters. The zero-order valence-electron chi connectivity index (χ0n) is 23.3. The van der Waals surface area contributed by atoms with Crippen LogP contribution in [0.1, 0.15) is 43.7 Å². The Morgan fingerprint density at radius 2 is 1.90 bits per heavy atom. The van der Waals surface area contributed by atoms with Gasteiger partial charge in [-0.3, -0.25) is 9.36 Å². The lowest BCUT2D eigenvalue weighted by molar-refractivity contribution is -0.139. The SMILES string of the molecule is CCOC(=O)C1=C(C)N=c2s/c(=C\c3ccc(-c4cc(Cl)ccc4C)o3)c(=O)n2[C@@H]1c1ccc(OC)c(OCC)c1. The number of rotatable bonds is 8. The van der Waals surface area contributed by atoms with Crippen LogP contribution >= 0.6 is 22.9 Å². The summed E-state index contributed by atoms with van der Waals surface area (Å²) in [5.74, 6) is 1.67. The van der Waals surface area contributed by atoms with E-state index in [1.54, 1.807) is 45.2 Å². The minimum atomic E-state index is -0.779. The Labute approximate surface area is 245 Å². The third-order valence-electron chi connectivity index (χ3n) is 6.69. The van der Waals surface area contributed by atoms with Crippen molar-refractivity contribution >= 4 is 35.0 Å². The van der Waals surface area contributed by atoms with Crippen LogP contribution in [0.15, 0.2) is 74.0 Å². The van der Waals surface area contributed by atoms with Crippen molar-refractivity contribution in [1.29, 1.82) is 0 Å². The van der Waals surface area contributed by atoms with Gasteiger partial charge in [-0.1, -0.05) is 35.1 Å². The predicted octanol–water partition coefficient (Wildman–Crippen LogP) is 5.43. The van der Waals surface area contributed by atoms with E-state index in [-0.39, 0.29) is 17.7 Å². The molecule has 41 heavy (non-hydrogen) atoms.